The molecule has 102 valence electrons. The minimum atomic E-state index is 0.323. The van der Waals surface area contributed by atoms with Gasteiger partial charge >= 0.3 is 0 Å². The summed E-state index contributed by atoms with van der Waals surface area (Å²) in [5.74, 6) is 1.21. The van der Waals surface area contributed by atoms with Crippen LogP contribution < -0.4 is 5.32 Å². The van der Waals surface area contributed by atoms with E-state index in [0.29, 0.717) is 17.1 Å². The molecule has 3 nitrogen and oxygen atoms in total. The highest BCUT2D eigenvalue weighted by Crippen LogP contribution is 2.28. The van der Waals surface area contributed by atoms with Gasteiger partial charge in [-0.15, -0.1) is 0 Å². The van der Waals surface area contributed by atoms with Crippen molar-refractivity contribution in [2.75, 3.05) is 5.32 Å². The Morgan fingerprint density at radius 2 is 1.94 bits per heavy atom. The van der Waals surface area contributed by atoms with E-state index in [1.54, 1.807) is 0 Å². The molecule has 0 saturated heterocycles. The molecule has 0 bridgehead atoms. The molecular weight excluding hydrogens is 246 g/mol. The van der Waals surface area contributed by atoms with Gasteiger partial charge in [0.1, 0.15) is 17.3 Å². The summed E-state index contributed by atoms with van der Waals surface area (Å²) in [5.41, 5.74) is 1.02. The summed E-state index contributed by atoms with van der Waals surface area (Å²) >= 11 is 6.14. The normalized spacial score (nSPS) is 12.8. The maximum absolute atomic E-state index is 6.14. The van der Waals surface area contributed by atoms with Gasteiger partial charge in [0.05, 0.1) is 0 Å². The molecule has 1 unspecified atom stereocenters. The molecule has 18 heavy (non-hydrogen) atoms. The van der Waals surface area contributed by atoms with Gasteiger partial charge in [-0.05, 0) is 19.3 Å². The topological polar surface area (TPSA) is 37.8 Å². The zero-order valence-electron chi connectivity index (χ0n) is 11.8. The molecule has 1 aromatic rings. The van der Waals surface area contributed by atoms with E-state index in [1.807, 2.05) is 0 Å². The van der Waals surface area contributed by atoms with Crippen LogP contribution in [0.3, 0.4) is 0 Å². The van der Waals surface area contributed by atoms with Crippen molar-refractivity contribution < 1.29 is 0 Å². The number of nitrogens with one attached hydrogen (secondary N) is 1. The Labute approximate surface area is 115 Å². The summed E-state index contributed by atoms with van der Waals surface area (Å²) in [6.07, 6.45) is 6.47. The molecule has 0 aliphatic heterocycles. The van der Waals surface area contributed by atoms with Crippen LogP contribution in [-0.4, -0.2) is 16.0 Å². The van der Waals surface area contributed by atoms with Crippen molar-refractivity contribution in [2.45, 2.75) is 65.3 Å². The van der Waals surface area contributed by atoms with Gasteiger partial charge in [0.15, 0.2) is 0 Å². The van der Waals surface area contributed by atoms with Gasteiger partial charge in [0.25, 0.3) is 0 Å². The minimum absolute atomic E-state index is 0.323. The maximum Gasteiger partial charge on any atom is 0.138 e. The molecule has 0 aromatic carbocycles. The van der Waals surface area contributed by atoms with Crippen molar-refractivity contribution in [1.82, 2.24) is 9.97 Å². The summed E-state index contributed by atoms with van der Waals surface area (Å²) in [4.78, 5) is 8.38. The van der Waals surface area contributed by atoms with E-state index in [-0.39, 0.29) is 0 Å². The predicted octanol–water partition coefficient (Wildman–Crippen LogP) is 4.63. The lowest BCUT2D eigenvalue weighted by atomic mass is 10.0. The Kier molecular flexibility index (Phi) is 6.41. The first-order valence-electron chi connectivity index (χ1n) is 6.83. The fraction of sp³-hybridized carbons (Fsp3) is 0.714. The summed E-state index contributed by atoms with van der Waals surface area (Å²) in [6, 6.07) is 0.417. The van der Waals surface area contributed by atoms with Crippen LogP contribution in [0.5, 0.6) is 0 Å². The molecular formula is C14H24ClN3. The Balaban J connectivity index is 2.69. The second-order valence-electron chi connectivity index (χ2n) is 5.12. The van der Waals surface area contributed by atoms with Crippen molar-refractivity contribution in [1.29, 1.82) is 0 Å². The van der Waals surface area contributed by atoms with E-state index >= 15 is 0 Å². The average molecular weight is 270 g/mol. The summed E-state index contributed by atoms with van der Waals surface area (Å²) in [6.45, 7) is 8.63. The lowest BCUT2D eigenvalue weighted by Crippen LogP contribution is -2.18. The van der Waals surface area contributed by atoms with Gasteiger partial charge in [-0.3, -0.25) is 0 Å². The van der Waals surface area contributed by atoms with E-state index < -0.39 is 0 Å². The Morgan fingerprint density at radius 3 is 2.56 bits per heavy atom. The standard InChI is InChI=1S/C14H24ClN3/c1-5-6-7-8-11(4)18-14-12(10(2)3)13(15)16-9-17-14/h9-11H,5-8H2,1-4H3,(H,16,17,18). The molecule has 1 aromatic heterocycles. The van der Waals surface area contributed by atoms with Gasteiger partial charge in [-0.25, -0.2) is 9.97 Å². The Bertz CT molecular complexity index is 366. The molecule has 1 N–H and O–H groups in total. The van der Waals surface area contributed by atoms with Crippen LogP contribution in [0.25, 0.3) is 0 Å². The third-order valence-electron chi connectivity index (χ3n) is 3.04. The molecule has 0 aliphatic carbocycles. The van der Waals surface area contributed by atoms with Gasteiger partial charge in [-0.1, -0.05) is 51.6 Å². The second kappa shape index (κ2) is 7.57. The first kappa shape index (κ1) is 15.2. The van der Waals surface area contributed by atoms with Crippen LogP contribution in [0.4, 0.5) is 5.82 Å². The molecule has 1 heterocycles. The first-order valence-corrected chi connectivity index (χ1v) is 7.21. The number of rotatable bonds is 7. The second-order valence-corrected chi connectivity index (χ2v) is 5.48. The lowest BCUT2D eigenvalue weighted by Gasteiger charge is -2.19. The van der Waals surface area contributed by atoms with Crippen LogP contribution in [0.2, 0.25) is 5.15 Å². The highest BCUT2D eigenvalue weighted by atomic mass is 35.5. The molecule has 0 aliphatic rings. The fourth-order valence-corrected chi connectivity index (χ4v) is 2.36. The van der Waals surface area contributed by atoms with Crippen LogP contribution in [-0.2, 0) is 0 Å². The van der Waals surface area contributed by atoms with Crippen molar-refractivity contribution >= 4 is 17.4 Å². The smallest absolute Gasteiger partial charge is 0.138 e. The molecule has 4 heteroatoms. The zero-order chi connectivity index (χ0) is 13.5. The van der Waals surface area contributed by atoms with Crippen molar-refractivity contribution in [2.24, 2.45) is 0 Å². The quantitative estimate of drug-likeness (QED) is 0.579. The third kappa shape index (κ3) is 4.45. The molecule has 0 spiro atoms. The van der Waals surface area contributed by atoms with Crippen LogP contribution >= 0.6 is 11.6 Å². The average Bonchev–Trinajstić information content (AvgIpc) is 2.28. The van der Waals surface area contributed by atoms with Crippen molar-refractivity contribution in [3.05, 3.63) is 17.0 Å². The van der Waals surface area contributed by atoms with Crippen LogP contribution in [0.1, 0.15) is 64.9 Å². The summed E-state index contributed by atoms with van der Waals surface area (Å²) in [5, 5.41) is 4.01. The molecule has 0 amide bonds. The zero-order valence-corrected chi connectivity index (χ0v) is 12.6. The molecule has 0 fully saturated rings. The fourth-order valence-electron chi connectivity index (χ4n) is 2.01. The molecule has 1 rings (SSSR count). The number of hydrogen-bond donors (Lipinski definition) is 1. The monoisotopic (exact) mass is 269 g/mol. The van der Waals surface area contributed by atoms with Crippen LogP contribution in [0.15, 0.2) is 6.33 Å². The lowest BCUT2D eigenvalue weighted by molar-refractivity contribution is 0.612. The number of unbranched alkanes of at least 4 members (excludes halogenated alkanes) is 2. The van der Waals surface area contributed by atoms with E-state index in [4.69, 9.17) is 11.6 Å². The van der Waals surface area contributed by atoms with Gasteiger partial charge in [0.2, 0.25) is 0 Å². The number of halogens is 1. The Morgan fingerprint density at radius 1 is 1.22 bits per heavy atom. The van der Waals surface area contributed by atoms with E-state index in [2.05, 4.69) is 43.0 Å². The minimum Gasteiger partial charge on any atom is -0.367 e. The SMILES string of the molecule is CCCCCC(C)Nc1ncnc(Cl)c1C(C)C. The van der Waals surface area contributed by atoms with Crippen LogP contribution in [0, 0.1) is 0 Å². The predicted molar refractivity (Wildman–Crippen MR) is 78.4 cm³/mol. The van der Waals surface area contributed by atoms with Gasteiger partial charge < -0.3 is 5.32 Å². The number of hydrogen-bond acceptors (Lipinski definition) is 3. The number of aromatic nitrogens is 2. The van der Waals surface area contributed by atoms with Crippen molar-refractivity contribution in [3.63, 3.8) is 0 Å². The third-order valence-corrected chi connectivity index (χ3v) is 3.34. The highest BCUT2D eigenvalue weighted by molar-refractivity contribution is 6.30. The summed E-state index contributed by atoms with van der Waals surface area (Å²) < 4.78 is 0. The number of anilines is 1. The molecule has 1 atom stereocenters. The Hall–Kier alpha value is -0.830. The van der Waals surface area contributed by atoms with E-state index in [0.717, 1.165) is 17.8 Å². The first-order chi connectivity index (χ1) is 8.56. The van der Waals surface area contributed by atoms with Gasteiger partial charge in [-0.2, -0.15) is 0 Å². The highest BCUT2D eigenvalue weighted by Gasteiger charge is 2.14. The maximum atomic E-state index is 6.14. The summed E-state index contributed by atoms with van der Waals surface area (Å²) in [7, 11) is 0. The van der Waals surface area contributed by atoms with Crippen molar-refractivity contribution in [3.8, 4) is 0 Å². The van der Waals surface area contributed by atoms with Gasteiger partial charge in [0, 0.05) is 11.6 Å². The van der Waals surface area contributed by atoms with E-state index in [1.165, 1.54) is 25.6 Å². The molecule has 0 radical (unpaired) electrons. The molecule has 0 saturated carbocycles. The largest absolute Gasteiger partial charge is 0.367 e. The van der Waals surface area contributed by atoms with E-state index in [9.17, 15) is 0 Å². The number of nitrogens with zero attached hydrogens (tertiary/aromatic N) is 2.